The summed E-state index contributed by atoms with van der Waals surface area (Å²) in [6.07, 6.45) is 7.18. The summed E-state index contributed by atoms with van der Waals surface area (Å²) in [7, 11) is 2.14. The van der Waals surface area contributed by atoms with E-state index >= 15 is 0 Å². The number of halogens is 1. The van der Waals surface area contributed by atoms with Gasteiger partial charge in [-0.25, -0.2) is 9.97 Å². The van der Waals surface area contributed by atoms with Crippen molar-refractivity contribution in [2.75, 3.05) is 11.9 Å². The lowest BCUT2D eigenvalue weighted by Gasteiger charge is -2.37. The van der Waals surface area contributed by atoms with Crippen molar-refractivity contribution in [1.82, 2.24) is 9.97 Å². The molecule has 0 amide bonds. The van der Waals surface area contributed by atoms with Crippen LogP contribution in [0.25, 0.3) is 0 Å². The summed E-state index contributed by atoms with van der Waals surface area (Å²) in [5.74, 6) is 2.56. The summed E-state index contributed by atoms with van der Waals surface area (Å²) in [6.45, 7) is 4.48. The molecular formula is C15H24ClN3. The molecule has 1 aromatic rings. The molecule has 0 N–H and O–H groups in total. The van der Waals surface area contributed by atoms with Crippen molar-refractivity contribution < 1.29 is 0 Å². The van der Waals surface area contributed by atoms with E-state index in [1.54, 1.807) is 0 Å². The van der Waals surface area contributed by atoms with Gasteiger partial charge in [0.05, 0.1) is 0 Å². The van der Waals surface area contributed by atoms with Crippen molar-refractivity contribution in [2.45, 2.75) is 58.4 Å². The van der Waals surface area contributed by atoms with E-state index in [0.717, 1.165) is 30.4 Å². The van der Waals surface area contributed by atoms with E-state index in [9.17, 15) is 0 Å². The molecule has 1 aliphatic rings. The Kier molecular flexibility index (Phi) is 5.03. The Balaban J connectivity index is 2.19. The fourth-order valence-electron chi connectivity index (χ4n) is 3.01. The van der Waals surface area contributed by atoms with Crippen molar-refractivity contribution in [2.24, 2.45) is 5.92 Å². The Labute approximate surface area is 121 Å². The number of anilines is 1. The molecule has 1 fully saturated rings. The molecule has 1 saturated carbocycles. The minimum atomic E-state index is 0.559. The molecule has 0 spiro atoms. The van der Waals surface area contributed by atoms with Gasteiger partial charge in [0.1, 0.15) is 16.8 Å². The average molecular weight is 282 g/mol. The van der Waals surface area contributed by atoms with Crippen LogP contribution in [0.4, 0.5) is 5.82 Å². The van der Waals surface area contributed by atoms with E-state index in [-0.39, 0.29) is 0 Å². The lowest BCUT2D eigenvalue weighted by atomic mass is 9.85. The fourth-order valence-corrected chi connectivity index (χ4v) is 3.20. The minimum absolute atomic E-state index is 0.559. The molecule has 4 heteroatoms. The predicted molar refractivity (Wildman–Crippen MR) is 80.9 cm³/mol. The first-order valence-corrected chi connectivity index (χ1v) is 7.76. The molecule has 0 aromatic carbocycles. The van der Waals surface area contributed by atoms with Gasteiger partial charge in [0.15, 0.2) is 0 Å². The van der Waals surface area contributed by atoms with Crippen LogP contribution >= 0.6 is 11.6 Å². The van der Waals surface area contributed by atoms with Crippen molar-refractivity contribution in [3.8, 4) is 0 Å². The van der Waals surface area contributed by atoms with Gasteiger partial charge >= 0.3 is 0 Å². The highest BCUT2D eigenvalue weighted by Gasteiger charge is 2.26. The van der Waals surface area contributed by atoms with Gasteiger partial charge in [0.2, 0.25) is 0 Å². The van der Waals surface area contributed by atoms with Crippen molar-refractivity contribution in [1.29, 1.82) is 0 Å². The fraction of sp³-hybridized carbons (Fsp3) is 0.733. The Bertz CT molecular complexity index is 422. The van der Waals surface area contributed by atoms with E-state index in [1.165, 1.54) is 25.7 Å². The minimum Gasteiger partial charge on any atom is -0.356 e. The second-order valence-corrected chi connectivity index (χ2v) is 6.04. The van der Waals surface area contributed by atoms with Gasteiger partial charge in [0.25, 0.3) is 0 Å². The number of hydrogen-bond acceptors (Lipinski definition) is 3. The van der Waals surface area contributed by atoms with Crippen LogP contribution in [0.1, 0.15) is 51.8 Å². The highest BCUT2D eigenvalue weighted by Crippen LogP contribution is 2.30. The van der Waals surface area contributed by atoms with E-state index in [1.807, 2.05) is 6.07 Å². The van der Waals surface area contributed by atoms with Crippen LogP contribution in [0.3, 0.4) is 0 Å². The van der Waals surface area contributed by atoms with Crippen LogP contribution in [0.15, 0.2) is 6.07 Å². The first-order chi connectivity index (χ1) is 9.11. The molecule has 1 heterocycles. The molecule has 2 atom stereocenters. The summed E-state index contributed by atoms with van der Waals surface area (Å²) in [5, 5.41) is 0.559. The number of aromatic nitrogens is 2. The molecule has 2 rings (SSSR count). The number of hydrogen-bond donors (Lipinski definition) is 0. The lowest BCUT2D eigenvalue weighted by molar-refractivity contribution is 0.320. The zero-order valence-corrected chi connectivity index (χ0v) is 13.0. The molecule has 1 aromatic heterocycles. The molecule has 19 heavy (non-hydrogen) atoms. The Hall–Kier alpha value is -0.830. The van der Waals surface area contributed by atoms with Gasteiger partial charge in [-0.2, -0.15) is 0 Å². The van der Waals surface area contributed by atoms with Crippen LogP contribution in [-0.4, -0.2) is 23.1 Å². The molecule has 106 valence electrons. The van der Waals surface area contributed by atoms with E-state index in [2.05, 4.69) is 35.8 Å². The maximum Gasteiger partial charge on any atom is 0.134 e. The third-order valence-electron chi connectivity index (χ3n) is 4.13. The van der Waals surface area contributed by atoms with Gasteiger partial charge in [-0.15, -0.1) is 0 Å². The molecule has 0 saturated heterocycles. The van der Waals surface area contributed by atoms with Crippen molar-refractivity contribution >= 4 is 17.4 Å². The highest BCUT2D eigenvalue weighted by atomic mass is 35.5. The third-order valence-corrected chi connectivity index (χ3v) is 4.32. The van der Waals surface area contributed by atoms with Gasteiger partial charge in [0, 0.05) is 25.6 Å². The molecule has 0 aliphatic heterocycles. The van der Waals surface area contributed by atoms with Crippen LogP contribution in [-0.2, 0) is 6.42 Å². The monoisotopic (exact) mass is 281 g/mol. The van der Waals surface area contributed by atoms with E-state index in [0.29, 0.717) is 11.2 Å². The normalized spacial score (nSPS) is 23.4. The smallest absolute Gasteiger partial charge is 0.134 e. The average Bonchev–Trinajstić information content (AvgIpc) is 2.38. The molecular weight excluding hydrogens is 258 g/mol. The maximum atomic E-state index is 6.13. The SMILES string of the molecule is CCCc1nc(Cl)cc(N(C)C2CCCCC2C)n1. The molecule has 3 nitrogen and oxygen atoms in total. The summed E-state index contributed by atoms with van der Waals surface area (Å²) in [6, 6.07) is 2.47. The summed E-state index contributed by atoms with van der Waals surface area (Å²) in [4.78, 5) is 11.3. The standard InChI is InChI=1S/C15H24ClN3/c1-4-7-14-17-13(16)10-15(18-14)19(3)12-9-6-5-8-11(12)2/h10-12H,4-9H2,1-3H3. The van der Waals surface area contributed by atoms with Gasteiger partial charge in [-0.3, -0.25) is 0 Å². The van der Waals surface area contributed by atoms with Crippen LogP contribution in [0.2, 0.25) is 5.15 Å². The Morgan fingerprint density at radius 1 is 1.32 bits per heavy atom. The largest absolute Gasteiger partial charge is 0.356 e. The topological polar surface area (TPSA) is 29.0 Å². The molecule has 2 unspecified atom stereocenters. The van der Waals surface area contributed by atoms with Gasteiger partial charge < -0.3 is 4.90 Å². The lowest BCUT2D eigenvalue weighted by Crippen LogP contribution is -2.39. The number of rotatable bonds is 4. The first-order valence-electron chi connectivity index (χ1n) is 7.38. The number of nitrogens with zero attached hydrogens (tertiary/aromatic N) is 3. The van der Waals surface area contributed by atoms with Crippen LogP contribution < -0.4 is 4.90 Å². The second kappa shape index (κ2) is 6.56. The first kappa shape index (κ1) is 14.6. The van der Waals surface area contributed by atoms with E-state index < -0.39 is 0 Å². The third kappa shape index (κ3) is 3.59. The molecule has 0 bridgehead atoms. The predicted octanol–water partition coefficient (Wildman–Crippen LogP) is 4.10. The molecule has 0 radical (unpaired) electrons. The van der Waals surface area contributed by atoms with Crippen LogP contribution in [0, 0.1) is 5.92 Å². The summed E-state index contributed by atoms with van der Waals surface area (Å²) in [5.41, 5.74) is 0. The maximum absolute atomic E-state index is 6.13. The van der Waals surface area contributed by atoms with Crippen molar-refractivity contribution in [3.05, 3.63) is 17.0 Å². The zero-order chi connectivity index (χ0) is 13.8. The van der Waals surface area contributed by atoms with Crippen molar-refractivity contribution in [3.63, 3.8) is 0 Å². The van der Waals surface area contributed by atoms with Gasteiger partial charge in [-0.05, 0) is 25.2 Å². The second-order valence-electron chi connectivity index (χ2n) is 5.66. The molecule has 1 aliphatic carbocycles. The zero-order valence-electron chi connectivity index (χ0n) is 12.2. The Morgan fingerprint density at radius 3 is 2.74 bits per heavy atom. The quantitative estimate of drug-likeness (QED) is 0.778. The highest BCUT2D eigenvalue weighted by molar-refractivity contribution is 6.29. The number of aryl methyl sites for hydroxylation is 1. The van der Waals surface area contributed by atoms with Crippen LogP contribution in [0.5, 0.6) is 0 Å². The summed E-state index contributed by atoms with van der Waals surface area (Å²) >= 11 is 6.13. The van der Waals surface area contributed by atoms with Gasteiger partial charge in [-0.1, -0.05) is 38.3 Å². The Morgan fingerprint density at radius 2 is 2.05 bits per heavy atom. The summed E-state index contributed by atoms with van der Waals surface area (Å²) < 4.78 is 0. The van der Waals surface area contributed by atoms with E-state index in [4.69, 9.17) is 11.6 Å².